The second-order valence-corrected chi connectivity index (χ2v) is 6.51. The Balaban J connectivity index is 1.87. The maximum Gasteiger partial charge on any atom is 0.270 e. The summed E-state index contributed by atoms with van der Waals surface area (Å²) in [7, 11) is 0. The molecule has 1 aromatic heterocycles. The molecule has 1 aliphatic rings. The van der Waals surface area contributed by atoms with Crippen LogP contribution in [-0.2, 0) is 4.74 Å². The van der Waals surface area contributed by atoms with Gasteiger partial charge in [0.15, 0.2) is 0 Å². The van der Waals surface area contributed by atoms with Gasteiger partial charge in [-0.25, -0.2) is 4.98 Å². The summed E-state index contributed by atoms with van der Waals surface area (Å²) in [6.45, 7) is 4.58. The fourth-order valence-corrected chi connectivity index (χ4v) is 3.31. The highest BCUT2D eigenvalue weighted by Gasteiger charge is 2.20. The number of nitrogens with zero attached hydrogens (tertiary/aromatic N) is 4. The van der Waals surface area contributed by atoms with E-state index in [1.165, 1.54) is 12.1 Å². The molecule has 0 saturated carbocycles. The number of anilines is 1. The van der Waals surface area contributed by atoms with E-state index >= 15 is 0 Å². The first-order valence-corrected chi connectivity index (χ1v) is 8.98. The molecule has 0 bridgehead atoms. The van der Waals surface area contributed by atoms with E-state index in [2.05, 4.69) is 22.9 Å². The average molecular weight is 354 g/mol. The Bertz CT molecular complexity index is 847. The molecule has 0 aliphatic carbocycles. The summed E-state index contributed by atoms with van der Waals surface area (Å²) < 4.78 is 5.88. The monoisotopic (exact) mass is 354 g/mol. The van der Waals surface area contributed by atoms with E-state index in [0.717, 1.165) is 51.2 Å². The lowest BCUT2D eigenvalue weighted by molar-refractivity contribution is -0.384. The molecule has 1 aliphatic heterocycles. The lowest BCUT2D eigenvalue weighted by Crippen LogP contribution is -2.26. The zero-order chi connectivity index (χ0) is 18.5. The maximum atomic E-state index is 11.0. The summed E-state index contributed by atoms with van der Waals surface area (Å²) >= 11 is 0. The molecule has 1 unspecified atom stereocenters. The highest BCUT2D eigenvalue weighted by Crippen LogP contribution is 2.27. The molecular weight excluding hydrogens is 332 g/mol. The van der Waals surface area contributed by atoms with Gasteiger partial charge in [0.2, 0.25) is 0 Å². The number of hydrogen-bond donors (Lipinski definition) is 0. The van der Waals surface area contributed by atoms with E-state index in [4.69, 9.17) is 4.74 Å². The van der Waals surface area contributed by atoms with Crippen molar-refractivity contribution in [3.8, 4) is 6.07 Å². The van der Waals surface area contributed by atoms with Crippen LogP contribution >= 0.6 is 0 Å². The molecule has 1 atom stereocenters. The van der Waals surface area contributed by atoms with Gasteiger partial charge in [-0.15, -0.1) is 0 Å². The minimum Gasteiger partial charge on any atom is -0.378 e. The molecule has 3 rings (SSSR count). The summed E-state index contributed by atoms with van der Waals surface area (Å²) in [5.74, 6) is 0.749. The Hall–Kier alpha value is -2.72. The number of hydrogen-bond acceptors (Lipinski definition) is 6. The van der Waals surface area contributed by atoms with Gasteiger partial charge in [0.25, 0.3) is 5.69 Å². The number of benzene rings is 1. The molecule has 0 N–H and O–H groups in total. The molecule has 7 nitrogen and oxygen atoms in total. The SMILES string of the molecule is CCCOC1CCCN(c2cc(C#N)c3cc([N+](=O)[O-])ccc3n2)CC1. The van der Waals surface area contributed by atoms with Gasteiger partial charge in [-0.1, -0.05) is 6.92 Å². The van der Waals surface area contributed by atoms with Crippen molar-refractivity contribution in [3.05, 3.63) is 39.9 Å². The van der Waals surface area contributed by atoms with Crippen LogP contribution in [0.4, 0.5) is 11.5 Å². The van der Waals surface area contributed by atoms with E-state index in [0.29, 0.717) is 16.5 Å². The van der Waals surface area contributed by atoms with Crippen molar-refractivity contribution in [1.82, 2.24) is 4.98 Å². The van der Waals surface area contributed by atoms with Crippen molar-refractivity contribution < 1.29 is 9.66 Å². The topological polar surface area (TPSA) is 92.3 Å². The van der Waals surface area contributed by atoms with Crippen molar-refractivity contribution in [2.24, 2.45) is 0 Å². The summed E-state index contributed by atoms with van der Waals surface area (Å²) in [4.78, 5) is 17.4. The van der Waals surface area contributed by atoms with E-state index in [-0.39, 0.29) is 11.8 Å². The van der Waals surface area contributed by atoms with Gasteiger partial charge in [0, 0.05) is 37.2 Å². The molecule has 1 aromatic carbocycles. The fraction of sp³-hybridized carbons (Fsp3) is 0.474. The van der Waals surface area contributed by atoms with E-state index in [9.17, 15) is 15.4 Å². The quantitative estimate of drug-likeness (QED) is 0.599. The molecule has 7 heteroatoms. The summed E-state index contributed by atoms with van der Waals surface area (Å²) in [5.41, 5.74) is 0.985. The molecule has 1 saturated heterocycles. The predicted octanol–water partition coefficient (Wildman–Crippen LogP) is 3.80. The molecule has 2 aromatic rings. The van der Waals surface area contributed by atoms with Crippen LogP contribution in [0.5, 0.6) is 0 Å². The third-order valence-electron chi connectivity index (χ3n) is 4.67. The van der Waals surface area contributed by atoms with Crippen LogP contribution in [-0.4, -0.2) is 35.7 Å². The van der Waals surface area contributed by atoms with Gasteiger partial charge < -0.3 is 9.64 Å². The van der Waals surface area contributed by atoms with Crippen LogP contribution in [0.2, 0.25) is 0 Å². The number of nitriles is 1. The minimum absolute atomic E-state index is 0.0331. The lowest BCUT2D eigenvalue weighted by Gasteiger charge is -2.22. The highest BCUT2D eigenvalue weighted by atomic mass is 16.6. The lowest BCUT2D eigenvalue weighted by atomic mass is 10.1. The van der Waals surface area contributed by atoms with Crippen molar-refractivity contribution in [1.29, 1.82) is 5.26 Å². The zero-order valence-electron chi connectivity index (χ0n) is 14.9. The van der Waals surface area contributed by atoms with E-state index < -0.39 is 4.92 Å². The van der Waals surface area contributed by atoms with Gasteiger partial charge in [-0.05, 0) is 37.8 Å². The number of non-ortho nitro benzene ring substituents is 1. The molecule has 2 heterocycles. The number of pyridine rings is 1. The number of aromatic nitrogens is 1. The van der Waals surface area contributed by atoms with Crippen LogP contribution in [0.3, 0.4) is 0 Å². The molecule has 136 valence electrons. The van der Waals surface area contributed by atoms with Crippen LogP contribution in [0, 0.1) is 21.4 Å². The molecule has 0 radical (unpaired) electrons. The van der Waals surface area contributed by atoms with Crippen LogP contribution < -0.4 is 4.90 Å². The Morgan fingerprint density at radius 2 is 2.23 bits per heavy atom. The van der Waals surface area contributed by atoms with Crippen molar-refractivity contribution >= 4 is 22.4 Å². The van der Waals surface area contributed by atoms with Crippen molar-refractivity contribution in [3.63, 3.8) is 0 Å². The van der Waals surface area contributed by atoms with Crippen LogP contribution in [0.1, 0.15) is 38.2 Å². The Kier molecular flexibility index (Phi) is 5.64. The van der Waals surface area contributed by atoms with Gasteiger partial charge in [-0.2, -0.15) is 5.26 Å². The molecule has 26 heavy (non-hydrogen) atoms. The average Bonchev–Trinajstić information content (AvgIpc) is 2.90. The second kappa shape index (κ2) is 8.11. The Labute approximate surface area is 152 Å². The molecular formula is C19H22N4O3. The smallest absolute Gasteiger partial charge is 0.270 e. The first kappa shape index (κ1) is 18.1. The van der Waals surface area contributed by atoms with Gasteiger partial charge in [0.05, 0.1) is 28.2 Å². The number of fused-ring (bicyclic) bond motifs is 1. The normalized spacial score (nSPS) is 17.7. The number of rotatable bonds is 5. The van der Waals surface area contributed by atoms with Crippen LogP contribution in [0.25, 0.3) is 10.9 Å². The standard InChI is InChI=1S/C19H22N4O3/c1-2-10-26-16-4-3-8-22(9-7-16)19-11-14(13-20)17-12-15(23(24)25)5-6-18(17)21-19/h5-6,11-12,16H,2-4,7-10H2,1H3. The summed E-state index contributed by atoms with van der Waals surface area (Å²) in [6.07, 6.45) is 4.27. The maximum absolute atomic E-state index is 11.0. The van der Waals surface area contributed by atoms with E-state index in [1.807, 2.05) is 0 Å². The molecule has 0 amide bonds. The summed E-state index contributed by atoms with van der Waals surface area (Å²) in [5, 5.41) is 21.0. The Morgan fingerprint density at radius 3 is 2.96 bits per heavy atom. The van der Waals surface area contributed by atoms with Gasteiger partial charge in [-0.3, -0.25) is 10.1 Å². The summed E-state index contributed by atoms with van der Waals surface area (Å²) in [6, 6.07) is 8.35. The fourth-order valence-electron chi connectivity index (χ4n) is 3.31. The largest absolute Gasteiger partial charge is 0.378 e. The van der Waals surface area contributed by atoms with Gasteiger partial charge >= 0.3 is 0 Å². The predicted molar refractivity (Wildman–Crippen MR) is 99.2 cm³/mol. The van der Waals surface area contributed by atoms with Gasteiger partial charge in [0.1, 0.15) is 5.82 Å². The number of nitro benzene ring substituents is 1. The number of ether oxygens (including phenoxy) is 1. The Morgan fingerprint density at radius 1 is 1.38 bits per heavy atom. The second-order valence-electron chi connectivity index (χ2n) is 6.51. The molecule has 0 spiro atoms. The van der Waals surface area contributed by atoms with Crippen molar-refractivity contribution in [2.75, 3.05) is 24.6 Å². The third kappa shape index (κ3) is 3.92. The zero-order valence-corrected chi connectivity index (χ0v) is 14.9. The number of nitro groups is 1. The van der Waals surface area contributed by atoms with Crippen molar-refractivity contribution in [2.45, 2.75) is 38.7 Å². The third-order valence-corrected chi connectivity index (χ3v) is 4.67. The first-order chi connectivity index (χ1) is 12.6. The first-order valence-electron chi connectivity index (χ1n) is 8.98. The molecule has 1 fully saturated rings. The highest BCUT2D eigenvalue weighted by molar-refractivity contribution is 5.88. The van der Waals surface area contributed by atoms with Crippen LogP contribution in [0.15, 0.2) is 24.3 Å². The van der Waals surface area contributed by atoms with E-state index in [1.54, 1.807) is 12.1 Å². The minimum atomic E-state index is -0.459.